The first-order chi connectivity index (χ1) is 38.7. The molecule has 16 rings (SSSR count). The van der Waals surface area contributed by atoms with E-state index in [2.05, 4.69) is 279 Å². The number of hydrogen-bond donors (Lipinski definition) is 0. The molecule has 0 unspecified atom stereocenters. The van der Waals surface area contributed by atoms with Gasteiger partial charge in [0.05, 0.1) is 0 Å². The molecule has 0 saturated heterocycles. The molecular formula is C76H46O2. The van der Waals surface area contributed by atoms with Crippen molar-refractivity contribution in [3.63, 3.8) is 0 Å². The van der Waals surface area contributed by atoms with Crippen molar-refractivity contribution >= 4 is 87.0 Å². The lowest BCUT2D eigenvalue weighted by Crippen LogP contribution is -1.92. The van der Waals surface area contributed by atoms with Gasteiger partial charge in [0.25, 0.3) is 0 Å². The van der Waals surface area contributed by atoms with Crippen molar-refractivity contribution in [1.29, 1.82) is 0 Å². The third kappa shape index (κ3) is 6.90. The zero-order valence-corrected chi connectivity index (χ0v) is 42.4. The molecule has 0 aliphatic carbocycles. The Bertz CT molecular complexity index is 5010. The van der Waals surface area contributed by atoms with Gasteiger partial charge in [-0.1, -0.05) is 231 Å². The van der Waals surface area contributed by atoms with Crippen LogP contribution < -0.4 is 0 Å². The van der Waals surface area contributed by atoms with Gasteiger partial charge >= 0.3 is 0 Å². The van der Waals surface area contributed by atoms with Gasteiger partial charge in [-0.25, -0.2) is 0 Å². The van der Waals surface area contributed by atoms with E-state index in [4.69, 9.17) is 8.83 Å². The van der Waals surface area contributed by atoms with Gasteiger partial charge < -0.3 is 8.83 Å². The fraction of sp³-hybridized carbons (Fsp3) is 0. The second-order valence-corrected chi connectivity index (χ2v) is 20.6. The lowest BCUT2D eigenvalue weighted by molar-refractivity contribution is 0.668. The highest BCUT2D eigenvalue weighted by atomic mass is 16.3. The molecule has 0 aliphatic heterocycles. The highest BCUT2D eigenvalue weighted by Crippen LogP contribution is 2.50. The van der Waals surface area contributed by atoms with Crippen LogP contribution in [0.1, 0.15) is 0 Å². The molecule has 0 bridgehead atoms. The summed E-state index contributed by atoms with van der Waals surface area (Å²) < 4.78 is 13.5. The van der Waals surface area contributed by atoms with Crippen LogP contribution in [0.15, 0.2) is 288 Å². The van der Waals surface area contributed by atoms with Crippen LogP contribution in [0.5, 0.6) is 0 Å². The van der Waals surface area contributed by atoms with Gasteiger partial charge in [0, 0.05) is 21.5 Å². The summed E-state index contributed by atoms with van der Waals surface area (Å²) >= 11 is 0. The molecule has 0 saturated carbocycles. The molecule has 0 aliphatic rings. The third-order valence-corrected chi connectivity index (χ3v) is 16.2. The highest BCUT2D eigenvalue weighted by molar-refractivity contribution is 6.28. The monoisotopic (exact) mass is 990 g/mol. The van der Waals surface area contributed by atoms with Crippen molar-refractivity contribution in [2.24, 2.45) is 0 Å². The molecule has 362 valence electrons. The summed E-state index contributed by atoms with van der Waals surface area (Å²) in [6.07, 6.45) is 0. The van der Waals surface area contributed by atoms with Crippen LogP contribution in [0.25, 0.3) is 165 Å². The summed E-state index contributed by atoms with van der Waals surface area (Å²) in [4.78, 5) is 0. The normalized spacial score (nSPS) is 11.8. The van der Waals surface area contributed by atoms with E-state index in [-0.39, 0.29) is 0 Å². The largest absolute Gasteiger partial charge is 0.456 e. The predicted octanol–water partition coefficient (Wildman–Crippen LogP) is 21.8. The highest BCUT2D eigenvalue weighted by Gasteiger charge is 2.23. The minimum Gasteiger partial charge on any atom is -0.456 e. The van der Waals surface area contributed by atoms with Crippen LogP contribution in [0.4, 0.5) is 0 Å². The standard InChI is InChI=1S/C76H46O2/c1-4-19-47(20-5-1)54-38-41-62-70(46-54)78-68-35-17-33-63(75(62)68)74-60-32-15-12-29-57(60)72(49-23-8-3-9-24-49)65-44-52(37-40-61(65)74)50-25-16-26-51(43-50)53-39-42-67-66(45-53)76-64(34-18-36-69(76)77-67)73-58-30-13-10-27-55(58)71(48-21-6-2-7-22-48)56-28-11-14-31-59(56)73/h1-46H. The van der Waals surface area contributed by atoms with Gasteiger partial charge in [0.15, 0.2) is 0 Å². The van der Waals surface area contributed by atoms with Gasteiger partial charge in [0.1, 0.15) is 22.3 Å². The summed E-state index contributed by atoms with van der Waals surface area (Å²) in [6.45, 7) is 0. The Morgan fingerprint density at radius 3 is 1.06 bits per heavy atom. The zero-order chi connectivity index (χ0) is 51.3. The summed E-state index contributed by atoms with van der Waals surface area (Å²) in [5.41, 5.74) is 20.0. The molecule has 0 atom stereocenters. The number of fused-ring (bicyclic) bond motifs is 10. The average molecular weight is 991 g/mol. The Morgan fingerprint density at radius 2 is 0.526 bits per heavy atom. The Hall–Kier alpha value is -10.3. The van der Waals surface area contributed by atoms with Crippen LogP contribution in [0, 0.1) is 0 Å². The molecule has 0 radical (unpaired) electrons. The maximum Gasteiger partial charge on any atom is 0.136 e. The second-order valence-electron chi connectivity index (χ2n) is 20.6. The molecule has 78 heavy (non-hydrogen) atoms. The van der Waals surface area contributed by atoms with E-state index in [0.717, 1.165) is 82.8 Å². The van der Waals surface area contributed by atoms with Crippen molar-refractivity contribution in [2.75, 3.05) is 0 Å². The number of rotatable bonds is 7. The van der Waals surface area contributed by atoms with Crippen LogP contribution in [0.2, 0.25) is 0 Å². The maximum absolute atomic E-state index is 6.73. The van der Waals surface area contributed by atoms with E-state index in [1.54, 1.807) is 0 Å². The van der Waals surface area contributed by atoms with E-state index in [9.17, 15) is 0 Å². The van der Waals surface area contributed by atoms with E-state index >= 15 is 0 Å². The van der Waals surface area contributed by atoms with Gasteiger partial charge in [-0.3, -0.25) is 0 Å². The minimum absolute atomic E-state index is 0.869. The Kier molecular flexibility index (Phi) is 9.98. The van der Waals surface area contributed by atoms with Crippen LogP contribution in [-0.4, -0.2) is 0 Å². The van der Waals surface area contributed by atoms with Crippen molar-refractivity contribution in [3.8, 4) is 77.9 Å². The molecule has 2 heteroatoms. The topological polar surface area (TPSA) is 26.3 Å². The molecule has 16 aromatic rings. The van der Waals surface area contributed by atoms with E-state index in [0.29, 0.717) is 0 Å². The summed E-state index contributed by atoms with van der Waals surface area (Å²) in [5, 5.41) is 14.2. The molecule has 14 aromatic carbocycles. The molecule has 0 N–H and O–H groups in total. The first kappa shape index (κ1) is 44.1. The van der Waals surface area contributed by atoms with E-state index in [1.807, 2.05) is 0 Å². The Morgan fingerprint density at radius 1 is 0.167 bits per heavy atom. The number of furan rings is 2. The fourth-order valence-corrected chi connectivity index (χ4v) is 12.8. The molecule has 2 nitrogen and oxygen atoms in total. The number of benzene rings is 14. The van der Waals surface area contributed by atoms with Crippen molar-refractivity contribution < 1.29 is 8.83 Å². The van der Waals surface area contributed by atoms with Crippen molar-refractivity contribution in [2.45, 2.75) is 0 Å². The molecule has 0 spiro atoms. The van der Waals surface area contributed by atoms with Crippen LogP contribution in [0.3, 0.4) is 0 Å². The average Bonchev–Trinajstić information content (AvgIpc) is 4.18. The summed E-state index contributed by atoms with van der Waals surface area (Å²) in [5.74, 6) is 0. The minimum atomic E-state index is 0.869. The smallest absolute Gasteiger partial charge is 0.136 e. The Balaban J connectivity index is 0.866. The third-order valence-electron chi connectivity index (χ3n) is 16.2. The molecule has 2 aromatic heterocycles. The zero-order valence-electron chi connectivity index (χ0n) is 42.4. The van der Waals surface area contributed by atoms with E-state index < -0.39 is 0 Å². The molecule has 0 amide bonds. The summed E-state index contributed by atoms with van der Waals surface area (Å²) in [6, 6.07) is 101. The number of hydrogen-bond acceptors (Lipinski definition) is 2. The van der Waals surface area contributed by atoms with Gasteiger partial charge in [-0.15, -0.1) is 0 Å². The van der Waals surface area contributed by atoms with Crippen LogP contribution in [-0.2, 0) is 0 Å². The first-order valence-electron chi connectivity index (χ1n) is 26.8. The second kappa shape index (κ2) is 17.7. The van der Waals surface area contributed by atoms with Gasteiger partial charge in [-0.05, 0) is 170 Å². The molecular weight excluding hydrogens is 945 g/mol. The Labute approximate surface area is 450 Å². The van der Waals surface area contributed by atoms with E-state index in [1.165, 1.54) is 82.0 Å². The van der Waals surface area contributed by atoms with Gasteiger partial charge in [0.2, 0.25) is 0 Å². The first-order valence-corrected chi connectivity index (χ1v) is 26.8. The molecule has 2 heterocycles. The molecule has 0 fully saturated rings. The van der Waals surface area contributed by atoms with Crippen molar-refractivity contribution in [3.05, 3.63) is 279 Å². The van der Waals surface area contributed by atoms with Gasteiger partial charge in [-0.2, -0.15) is 0 Å². The fourth-order valence-electron chi connectivity index (χ4n) is 12.8. The maximum atomic E-state index is 6.73. The quantitative estimate of drug-likeness (QED) is 0.149. The lowest BCUT2D eigenvalue weighted by atomic mass is 9.84. The van der Waals surface area contributed by atoms with Crippen molar-refractivity contribution in [1.82, 2.24) is 0 Å². The SMILES string of the molecule is c1ccc(-c2ccc3c(c2)oc2cccc(-c4c5ccccc5c(-c5ccccc5)c5cc(-c6cccc(-c7ccc8oc9cccc(-c%10c%11ccccc%11c(-c%11ccccc%11)c%11ccccc%10%11)c9c8c7)c6)ccc45)c23)cc1. The summed E-state index contributed by atoms with van der Waals surface area (Å²) in [7, 11) is 0. The predicted molar refractivity (Wildman–Crippen MR) is 329 cm³/mol. The van der Waals surface area contributed by atoms with Crippen LogP contribution >= 0.6 is 0 Å². The lowest BCUT2D eigenvalue weighted by Gasteiger charge is -2.19.